The molecule has 1 aromatic carbocycles. The number of nitrogens with one attached hydrogen (secondary N) is 2. The molecule has 21 heavy (non-hydrogen) atoms. The van der Waals surface area contributed by atoms with Crippen molar-refractivity contribution in [1.29, 1.82) is 0 Å². The van der Waals surface area contributed by atoms with E-state index in [0.717, 1.165) is 22.1 Å². The largest absolute Gasteiger partial charge is 0.481 e. The van der Waals surface area contributed by atoms with Crippen molar-refractivity contribution in [1.82, 2.24) is 5.32 Å². The van der Waals surface area contributed by atoms with Crippen LogP contribution < -0.4 is 10.6 Å². The molecule has 0 heterocycles. The van der Waals surface area contributed by atoms with Crippen LogP contribution in [0.5, 0.6) is 0 Å². The number of amides is 2. The van der Waals surface area contributed by atoms with Crippen molar-refractivity contribution in [3.63, 3.8) is 0 Å². The summed E-state index contributed by atoms with van der Waals surface area (Å²) in [6.45, 7) is 2.59. The maximum absolute atomic E-state index is 11.7. The van der Waals surface area contributed by atoms with Gasteiger partial charge in [-0.1, -0.05) is 13.3 Å². The molecular formula is C15H21IN2O3. The summed E-state index contributed by atoms with van der Waals surface area (Å²) in [5.74, 6) is -0.433. The lowest BCUT2D eigenvalue weighted by atomic mass is 9.97. The number of carbonyl (C=O) groups is 2. The average Bonchev–Trinajstić information content (AvgIpc) is 2.45. The van der Waals surface area contributed by atoms with Gasteiger partial charge in [0.25, 0.3) is 0 Å². The molecule has 5 nitrogen and oxygen atoms in total. The molecular weight excluding hydrogens is 383 g/mol. The normalized spacial score (nSPS) is 11.7. The number of rotatable bonds is 8. The highest BCUT2D eigenvalue weighted by molar-refractivity contribution is 14.1. The molecule has 3 N–H and O–H groups in total. The number of aliphatic carboxylic acids is 1. The van der Waals surface area contributed by atoms with Crippen LogP contribution >= 0.6 is 22.6 Å². The van der Waals surface area contributed by atoms with Gasteiger partial charge in [0.1, 0.15) is 0 Å². The SMILES string of the molecule is CCC(CCNC(=O)Nc1ccc(I)cc1)CCC(=O)O. The number of hydrogen-bond donors (Lipinski definition) is 3. The summed E-state index contributed by atoms with van der Waals surface area (Å²) < 4.78 is 1.11. The summed E-state index contributed by atoms with van der Waals surface area (Å²) in [7, 11) is 0. The van der Waals surface area contributed by atoms with Crippen molar-refractivity contribution in [3.8, 4) is 0 Å². The highest BCUT2D eigenvalue weighted by atomic mass is 127. The molecule has 0 bridgehead atoms. The summed E-state index contributed by atoms with van der Waals surface area (Å²) in [5, 5.41) is 14.2. The molecule has 2 amide bonds. The number of carbonyl (C=O) groups excluding carboxylic acids is 1. The summed E-state index contributed by atoms with van der Waals surface area (Å²) in [6.07, 6.45) is 2.57. The molecule has 0 aromatic heterocycles. The fourth-order valence-corrected chi connectivity index (χ4v) is 2.34. The molecule has 0 saturated carbocycles. The zero-order valence-corrected chi connectivity index (χ0v) is 14.2. The van der Waals surface area contributed by atoms with Gasteiger partial charge in [0, 0.05) is 22.2 Å². The van der Waals surface area contributed by atoms with Crippen LogP contribution in [0.1, 0.15) is 32.6 Å². The maximum Gasteiger partial charge on any atom is 0.319 e. The molecule has 0 saturated heterocycles. The molecule has 1 rings (SSSR count). The first-order valence-corrected chi connectivity index (χ1v) is 8.11. The quantitative estimate of drug-likeness (QED) is 0.579. The predicted molar refractivity (Wildman–Crippen MR) is 91.4 cm³/mol. The fourth-order valence-electron chi connectivity index (χ4n) is 1.98. The molecule has 1 aromatic rings. The van der Waals surface area contributed by atoms with Gasteiger partial charge in [-0.2, -0.15) is 0 Å². The zero-order chi connectivity index (χ0) is 15.7. The number of anilines is 1. The molecule has 0 fully saturated rings. The van der Waals surface area contributed by atoms with Crippen LogP contribution in [-0.2, 0) is 4.79 Å². The van der Waals surface area contributed by atoms with E-state index in [9.17, 15) is 9.59 Å². The summed E-state index contributed by atoms with van der Waals surface area (Å²) >= 11 is 2.21. The molecule has 0 radical (unpaired) electrons. The summed E-state index contributed by atoms with van der Waals surface area (Å²) in [5.41, 5.74) is 0.755. The molecule has 0 aliphatic rings. The van der Waals surface area contributed by atoms with Crippen LogP contribution in [0.3, 0.4) is 0 Å². The Balaban J connectivity index is 2.25. The second kappa shape index (κ2) is 9.59. The van der Waals surface area contributed by atoms with E-state index in [4.69, 9.17) is 5.11 Å². The Bertz CT molecular complexity index is 462. The van der Waals surface area contributed by atoms with E-state index < -0.39 is 5.97 Å². The van der Waals surface area contributed by atoms with Gasteiger partial charge in [-0.15, -0.1) is 0 Å². The van der Waals surface area contributed by atoms with Crippen LogP contribution in [0, 0.1) is 9.49 Å². The third kappa shape index (κ3) is 7.89. The first-order valence-electron chi connectivity index (χ1n) is 7.03. The highest BCUT2D eigenvalue weighted by Crippen LogP contribution is 2.15. The van der Waals surface area contributed by atoms with Gasteiger partial charge in [0.15, 0.2) is 0 Å². The van der Waals surface area contributed by atoms with Crippen LogP contribution in [0.25, 0.3) is 0 Å². The van der Waals surface area contributed by atoms with Gasteiger partial charge in [0.2, 0.25) is 0 Å². The maximum atomic E-state index is 11.7. The minimum atomic E-state index is -0.766. The van der Waals surface area contributed by atoms with Crippen LogP contribution in [0.2, 0.25) is 0 Å². The van der Waals surface area contributed by atoms with E-state index in [0.29, 0.717) is 18.9 Å². The van der Waals surface area contributed by atoms with E-state index in [1.807, 2.05) is 31.2 Å². The monoisotopic (exact) mass is 404 g/mol. The highest BCUT2D eigenvalue weighted by Gasteiger charge is 2.09. The van der Waals surface area contributed by atoms with Crippen molar-refractivity contribution in [2.45, 2.75) is 32.6 Å². The fraction of sp³-hybridized carbons (Fsp3) is 0.467. The lowest BCUT2D eigenvalue weighted by molar-refractivity contribution is -0.137. The Labute approximate surface area is 138 Å². The molecule has 6 heteroatoms. The first-order chi connectivity index (χ1) is 10.0. The lowest BCUT2D eigenvalue weighted by Gasteiger charge is -2.14. The smallest absolute Gasteiger partial charge is 0.319 e. The Kier molecular flexibility index (Phi) is 8.11. The van der Waals surface area contributed by atoms with Crippen molar-refractivity contribution >= 4 is 40.3 Å². The molecule has 1 unspecified atom stereocenters. The number of carboxylic acids is 1. The van der Waals surface area contributed by atoms with Crippen molar-refractivity contribution in [2.24, 2.45) is 5.92 Å². The van der Waals surface area contributed by atoms with Gasteiger partial charge in [-0.05, 0) is 65.6 Å². The van der Waals surface area contributed by atoms with E-state index in [2.05, 4.69) is 33.2 Å². The van der Waals surface area contributed by atoms with Gasteiger partial charge >= 0.3 is 12.0 Å². The minimum absolute atomic E-state index is 0.188. The number of benzene rings is 1. The van der Waals surface area contributed by atoms with Gasteiger partial charge in [-0.3, -0.25) is 4.79 Å². The molecule has 0 aliphatic heterocycles. The molecule has 0 spiro atoms. The topological polar surface area (TPSA) is 78.4 Å². The Morgan fingerprint density at radius 1 is 1.24 bits per heavy atom. The van der Waals surface area contributed by atoms with Crippen LogP contribution in [-0.4, -0.2) is 23.7 Å². The van der Waals surface area contributed by atoms with Crippen LogP contribution in [0.4, 0.5) is 10.5 Å². The van der Waals surface area contributed by atoms with Gasteiger partial charge in [-0.25, -0.2) is 4.79 Å². The molecule has 1 atom stereocenters. The van der Waals surface area contributed by atoms with E-state index in [1.165, 1.54) is 0 Å². The minimum Gasteiger partial charge on any atom is -0.481 e. The number of hydrogen-bond acceptors (Lipinski definition) is 2. The number of carboxylic acid groups (broad SMARTS) is 1. The summed E-state index contributed by atoms with van der Waals surface area (Å²) in [4.78, 5) is 22.3. The van der Waals surface area contributed by atoms with E-state index in [1.54, 1.807) is 0 Å². The Morgan fingerprint density at radius 2 is 1.90 bits per heavy atom. The lowest BCUT2D eigenvalue weighted by Crippen LogP contribution is -2.30. The second-order valence-corrected chi connectivity index (χ2v) is 6.13. The average molecular weight is 404 g/mol. The molecule has 116 valence electrons. The van der Waals surface area contributed by atoms with Crippen molar-refractivity contribution in [2.75, 3.05) is 11.9 Å². The van der Waals surface area contributed by atoms with E-state index in [-0.39, 0.29) is 12.5 Å². The van der Waals surface area contributed by atoms with Crippen molar-refractivity contribution in [3.05, 3.63) is 27.8 Å². The first kappa shape index (κ1) is 17.7. The van der Waals surface area contributed by atoms with Gasteiger partial charge < -0.3 is 15.7 Å². The van der Waals surface area contributed by atoms with Crippen molar-refractivity contribution < 1.29 is 14.7 Å². The Morgan fingerprint density at radius 3 is 2.48 bits per heavy atom. The van der Waals surface area contributed by atoms with E-state index >= 15 is 0 Å². The number of urea groups is 1. The second-order valence-electron chi connectivity index (χ2n) is 4.88. The number of halogens is 1. The van der Waals surface area contributed by atoms with Gasteiger partial charge in [0.05, 0.1) is 0 Å². The standard InChI is InChI=1S/C15H21IN2O3/c1-2-11(3-8-14(19)20)9-10-17-15(21)18-13-6-4-12(16)5-7-13/h4-7,11H,2-3,8-10H2,1H3,(H,19,20)(H2,17,18,21). The third-order valence-electron chi connectivity index (χ3n) is 3.28. The third-order valence-corrected chi connectivity index (χ3v) is 4.00. The Hall–Kier alpha value is -1.31. The molecule has 0 aliphatic carbocycles. The van der Waals surface area contributed by atoms with Crippen LogP contribution in [0.15, 0.2) is 24.3 Å². The summed E-state index contributed by atoms with van der Waals surface area (Å²) in [6, 6.07) is 7.32. The predicted octanol–water partition coefficient (Wildman–Crippen LogP) is 3.69. The zero-order valence-electron chi connectivity index (χ0n) is 12.1.